The Hall–Kier alpha value is -2.64. The van der Waals surface area contributed by atoms with Crippen LogP contribution in [0.1, 0.15) is 192 Å². The lowest BCUT2D eigenvalue weighted by Gasteiger charge is -2.04. The summed E-state index contributed by atoms with van der Waals surface area (Å²) in [5.74, 6) is 0. The minimum Gasteiger partial charge on any atom is -0.392 e. The van der Waals surface area contributed by atoms with Crippen LogP contribution in [0.2, 0.25) is 0 Å². The van der Waals surface area contributed by atoms with Gasteiger partial charge in [-0.2, -0.15) is 0 Å². The lowest BCUT2D eigenvalue weighted by atomic mass is 10.0. The van der Waals surface area contributed by atoms with E-state index in [1.807, 2.05) is 6.08 Å². The summed E-state index contributed by atoms with van der Waals surface area (Å²) in [5.41, 5.74) is 14.8. The van der Waals surface area contributed by atoms with Crippen molar-refractivity contribution in [3.05, 3.63) is 116 Å². The molecule has 0 aromatic rings. The molecule has 0 unspecified atom stereocenters. The molecule has 0 aliphatic heterocycles. The Morgan fingerprint density at radius 1 is 0.353 bits per heavy atom. The van der Waals surface area contributed by atoms with Crippen molar-refractivity contribution < 1.29 is 5.11 Å². The molecule has 1 N–H and O–H groups in total. The smallest absolute Gasteiger partial charge is 0.0614 e. The van der Waals surface area contributed by atoms with Gasteiger partial charge in [-0.3, -0.25) is 0 Å². The summed E-state index contributed by atoms with van der Waals surface area (Å²) in [6.07, 6.45) is 44.5. The summed E-state index contributed by atoms with van der Waals surface area (Å²) >= 11 is 0. The molecule has 0 radical (unpaired) electrons. The molecule has 0 bridgehead atoms. The van der Waals surface area contributed by atoms with Crippen LogP contribution in [-0.2, 0) is 0 Å². The standard InChI is InChI=1S/C50H82O/c1-41(2)21-12-22-42(3)23-13-24-43(4)25-14-26-44(5)27-15-28-45(6)29-16-30-46(7)31-17-32-47(8)33-18-34-48(9)35-19-36-49(10)37-20-38-50(11)39-40-51/h21,23,25,27,29,31,33,35,37,39,51H,12-20,22,24,26,28,30,32,34,36,38,40H2,1-11H3/b42-23+,43-25+,44-27+,45-29+,46-31+,47-33+,48-35+,49-37+,50-39+/i50+2. The molecule has 0 amide bonds. The van der Waals surface area contributed by atoms with E-state index in [0.29, 0.717) is 0 Å². The molecule has 0 aromatic heterocycles. The second-order valence-electron chi connectivity index (χ2n) is 15.8. The van der Waals surface area contributed by atoms with Crippen molar-refractivity contribution in [3.63, 3.8) is 0 Å². The van der Waals surface area contributed by atoms with Crippen LogP contribution in [0.5, 0.6) is 0 Å². The maximum absolute atomic E-state index is 8.98. The molecule has 0 saturated heterocycles. The summed E-state index contributed by atoms with van der Waals surface area (Å²) in [7, 11) is 0. The number of allylic oxidation sites excluding steroid dienone is 19. The van der Waals surface area contributed by atoms with E-state index in [-0.39, 0.29) is 6.61 Å². The van der Waals surface area contributed by atoms with Gasteiger partial charge in [0.2, 0.25) is 0 Å². The van der Waals surface area contributed by atoms with E-state index in [4.69, 9.17) is 5.11 Å². The molecule has 0 spiro atoms. The van der Waals surface area contributed by atoms with E-state index < -0.39 is 0 Å². The lowest BCUT2D eigenvalue weighted by Crippen LogP contribution is -1.84. The predicted octanol–water partition coefficient (Wildman–Crippen LogP) is 16.5. The van der Waals surface area contributed by atoms with Gasteiger partial charge in [-0.25, -0.2) is 0 Å². The summed E-state index contributed by atoms with van der Waals surface area (Å²) in [4.78, 5) is 0. The monoisotopic (exact) mass is 701 g/mol. The molecular weight excluding hydrogens is 619 g/mol. The van der Waals surface area contributed by atoms with Crippen molar-refractivity contribution in [2.75, 3.05) is 6.61 Å². The van der Waals surface area contributed by atoms with E-state index in [1.165, 1.54) is 107 Å². The topological polar surface area (TPSA) is 20.2 Å². The number of aliphatic hydroxyl groups excluding tert-OH is 1. The minimum atomic E-state index is 0.150. The van der Waals surface area contributed by atoms with Crippen LogP contribution in [0.15, 0.2) is 116 Å². The zero-order valence-electron chi connectivity index (χ0n) is 35.7. The van der Waals surface area contributed by atoms with Crippen LogP contribution in [0.25, 0.3) is 0 Å². The van der Waals surface area contributed by atoms with Crippen LogP contribution in [0.4, 0.5) is 0 Å². The number of aliphatic hydroxyl groups is 1. The van der Waals surface area contributed by atoms with Gasteiger partial charge in [0.15, 0.2) is 0 Å². The molecule has 0 heterocycles. The first kappa shape index (κ1) is 48.4. The summed E-state index contributed by atoms with van der Waals surface area (Å²) in [5, 5.41) is 8.98. The van der Waals surface area contributed by atoms with Crippen molar-refractivity contribution in [2.45, 2.75) is 192 Å². The zero-order valence-corrected chi connectivity index (χ0v) is 35.7. The number of hydrogen-bond donors (Lipinski definition) is 1. The van der Waals surface area contributed by atoms with Gasteiger partial charge < -0.3 is 5.11 Å². The summed E-state index contributed by atoms with van der Waals surface area (Å²) in [6, 6.07) is 0. The minimum absolute atomic E-state index is 0.150. The first-order chi connectivity index (χ1) is 24.3. The molecule has 0 aliphatic carbocycles. The van der Waals surface area contributed by atoms with Crippen molar-refractivity contribution in [2.24, 2.45) is 0 Å². The third-order valence-corrected chi connectivity index (χ3v) is 9.78. The fourth-order valence-electron chi connectivity index (χ4n) is 6.03. The van der Waals surface area contributed by atoms with E-state index in [1.54, 1.807) is 0 Å². The SMILES string of the molecule is CC(C)=CCC/C(C)=C/CC/C(C)=C/CC/C(C)=C/CC/C(C)=C/CC/C(C)=C/CC/C(C)=C/CC/C(C)=C/CC/C(C)=C/CC/[14C](C)=C/CO. The highest BCUT2D eigenvalue weighted by atomic mass is 16.3. The summed E-state index contributed by atoms with van der Waals surface area (Å²) in [6.45, 7) is 24.9. The molecule has 0 aliphatic rings. The Bertz CT molecular complexity index is 1260. The van der Waals surface area contributed by atoms with Crippen LogP contribution >= 0.6 is 0 Å². The third kappa shape index (κ3) is 33.0. The van der Waals surface area contributed by atoms with Crippen LogP contribution in [0.3, 0.4) is 0 Å². The highest BCUT2D eigenvalue weighted by Crippen LogP contribution is 2.18. The molecule has 51 heavy (non-hydrogen) atoms. The van der Waals surface area contributed by atoms with Crippen molar-refractivity contribution in [1.82, 2.24) is 0 Å². The first-order valence-electron chi connectivity index (χ1n) is 20.5. The molecule has 288 valence electrons. The van der Waals surface area contributed by atoms with Gasteiger partial charge in [-0.1, -0.05) is 116 Å². The first-order valence-corrected chi connectivity index (χ1v) is 20.5. The molecule has 0 atom stereocenters. The highest BCUT2D eigenvalue weighted by Gasteiger charge is 1.98. The molecule has 0 aromatic carbocycles. The molecule has 0 fully saturated rings. The van der Waals surface area contributed by atoms with E-state index in [2.05, 4.69) is 131 Å². The number of hydrogen-bond acceptors (Lipinski definition) is 1. The molecule has 0 rings (SSSR count). The van der Waals surface area contributed by atoms with Gasteiger partial charge in [0, 0.05) is 0 Å². The van der Waals surface area contributed by atoms with Gasteiger partial charge in [0.1, 0.15) is 0 Å². The quantitative estimate of drug-likeness (QED) is 0.0806. The van der Waals surface area contributed by atoms with Crippen molar-refractivity contribution >= 4 is 0 Å². The average molecular weight is 701 g/mol. The molecule has 0 saturated carbocycles. The summed E-state index contributed by atoms with van der Waals surface area (Å²) < 4.78 is 0. The molecular formula is C50H82O. The highest BCUT2D eigenvalue weighted by molar-refractivity contribution is 5.11. The van der Waals surface area contributed by atoms with Gasteiger partial charge >= 0.3 is 0 Å². The van der Waals surface area contributed by atoms with Crippen LogP contribution in [-0.4, -0.2) is 11.7 Å². The second kappa shape index (κ2) is 32.0. The number of rotatable bonds is 28. The largest absolute Gasteiger partial charge is 0.392 e. The lowest BCUT2D eigenvalue weighted by molar-refractivity contribution is 0.341. The Kier molecular flexibility index (Phi) is 30.4. The van der Waals surface area contributed by atoms with Crippen LogP contribution in [0, 0.1) is 0 Å². The fraction of sp³-hybridized carbons (Fsp3) is 0.600. The Balaban J connectivity index is 4.24. The second-order valence-corrected chi connectivity index (χ2v) is 15.8. The maximum atomic E-state index is 8.98. The van der Waals surface area contributed by atoms with Gasteiger partial charge in [-0.15, -0.1) is 0 Å². The Morgan fingerprint density at radius 3 is 0.784 bits per heavy atom. The zero-order chi connectivity index (χ0) is 38.3. The Morgan fingerprint density at radius 2 is 0.569 bits per heavy atom. The predicted molar refractivity (Wildman–Crippen MR) is 233 cm³/mol. The van der Waals surface area contributed by atoms with E-state index in [9.17, 15) is 0 Å². The maximum Gasteiger partial charge on any atom is 0.0614 e. The molecule has 1 nitrogen and oxygen atoms in total. The van der Waals surface area contributed by atoms with Gasteiger partial charge in [0.25, 0.3) is 0 Å². The molecule has 1 heteroatoms. The van der Waals surface area contributed by atoms with Crippen LogP contribution < -0.4 is 0 Å². The van der Waals surface area contributed by atoms with E-state index in [0.717, 1.165) is 64.2 Å². The van der Waals surface area contributed by atoms with Crippen molar-refractivity contribution in [1.29, 1.82) is 0 Å². The third-order valence-electron chi connectivity index (χ3n) is 9.78. The van der Waals surface area contributed by atoms with Gasteiger partial charge in [-0.05, 0) is 192 Å². The Labute approximate surface area is 319 Å². The van der Waals surface area contributed by atoms with Gasteiger partial charge in [0.05, 0.1) is 6.61 Å². The van der Waals surface area contributed by atoms with E-state index >= 15 is 0 Å². The van der Waals surface area contributed by atoms with Crippen molar-refractivity contribution in [3.8, 4) is 0 Å². The average Bonchev–Trinajstić information content (AvgIpc) is 3.04. The fourth-order valence-corrected chi connectivity index (χ4v) is 6.03. The normalized spacial score (nSPS) is 14.9.